The molecule has 90 valence electrons. The van der Waals surface area contributed by atoms with Crippen LogP contribution in [0.2, 0.25) is 0 Å². The molecule has 1 aromatic rings. The van der Waals surface area contributed by atoms with Gasteiger partial charge in [0.05, 0.1) is 6.61 Å². The first-order chi connectivity index (χ1) is 7.37. The predicted octanol–water partition coefficient (Wildman–Crippen LogP) is 2.57. The first-order valence-corrected chi connectivity index (χ1v) is 4.99. The van der Waals surface area contributed by atoms with Gasteiger partial charge in [0.2, 0.25) is 0 Å². The Labute approximate surface area is 95.7 Å². The van der Waals surface area contributed by atoms with Crippen molar-refractivity contribution in [1.82, 2.24) is 9.97 Å². The van der Waals surface area contributed by atoms with Crippen molar-refractivity contribution in [2.24, 2.45) is 0 Å². The third kappa shape index (κ3) is 5.22. The second-order valence-electron chi connectivity index (χ2n) is 3.27. The number of aromatic nitrogens is 2. The predicted molar refractivity (Wildman–Crippen MR) is 54.7 cm³/mol. The zero-order valence-electron chi connectivity index (χ0n) is 8.60. The van der Waals surface area contributed by atoms with Crippen molar-refractivity contribution in [1.29, 1.82) is 0 Å². The molecule has 0 radical (unpaired) electrons. The third-order valence-corrected chi connectivity index (χ3v) is 1.88. The molecule has 0 aromatic carbocycles. The molecule has 0 fully saturated rings. The first-order valence-electron chi connectivity index (χ1n) is 4.58. The second kappa shape index (κ2) is 5.40. The van der Waals surface area contributed by atoms with Gasteiger partial charge in [-0.1, -0.05) is 12.2 Å². The lowest BCUT2D eigenvalue weighted by molar-refractivity contribution is -0.173. The van der Waals surface area contributed by atoms with Crippen LogP contribution >= 0.6 is 12.2 Å². The van der Waals surface area contributed by atoms with Gasteiger partial charge in [0.1, 0.15) is 17.1 Å². The van der Waals surface area contributed by atoms with E-state index in [1.54, 1.807) is 13.0 Å². The zero-order chi connectivity index (χ0) is 12.2. The molecule has 0 saturated heterocycles. The lowest BCUT2D eigenvalue weighted by atomic mass is 10.4. The van der Waals surface area contributed by atoms with Crippen LogP contribution < -0.4 is 0 Å². The lowest BCUT2D eigenvalue weighted by Gasteiger charge is -2.07. The monoisotopic (exact) mass is 252 g/mol. The summed E-state index contributed by atoms with van der Waals surface area (Å²) in [7, 11) is 0. The van der Waals surface area contributed by atoms with E-state index in [1.165, 1.54) is 0 Å². The maximum atomic E-state index is 11.7. The summed E-state index contributed by atoms with van der Waals surface area (Å²) in [4.78, 5) is 6.87. The number of hydrogen-bond donors (Lipinski definition) is 1. The van der Waals surface area contributed by atoms with E-state index in [0.717, 1.165) is 5.69 Å². The molecule has 1 N–H and O–H groups in total. The molecule has 1 aromatic heterocycles. The number of rotatable bonds is 4. The van der Waals surface area contributed by atoms with Gasteiger partial charge in [0.15, 0.2) is 0 Å². The highest BCUT2D eigenvalue weighted by Crippen LogP contribution is 2.14. The van der Waals surface area contributed by atoms with Crippen molar-refractivity contribution in [3.05, 3.63) is 22.2 Å². The smallest absolute Gasteiger partial charge is 0.372 e. The van der Waals surface area contributed by atoms with E-state index in [2.05, 4.69) is 14.7 Å². The molecule has 0 atom stereocenters. The van der Waals surface area contributed by atoms with Gasteiger partial charge in [-0.3, -0.25) is 0 Å². The van der Waals surface area contributed by atoms with Crippen molar-refractivity contribution >= 4 is 12.2 Å². The Balaban J connectivity index is 2.40. The molecule has 0 aliphatic heterocycles. The number of nitrogens with zero attached hydrogens (tertiary/aromatic N) is 1. The molecule has 7 heteroatoms. The highest BCUT2D eigenvalue weighted by Gasteiger charge is 2.27. The van der Waals surface area contributed by atoms with Gasteiger partial charge in [-0.05, 0) is 13.0 Å². The fraction of sp³-hybridized carbons (Fsp3) is 0.556. The molecule has 0 aliphatic rings. The number of nitrogens with one attached hydrogen (secondary N) is 1. The Bertz CT molecular complexity index is 402. The highest BCUT2D eigenvalue weighted by molar-refractivity contribution is 7.71. The van der Waals surface area contributed by atoms with E-state index in [9.17, 15) is 13.2 Å². The molecule has 16 heavy (non-hydrogen) atoms. The Hall–Kier alpha value is -0.950. The number of hydrogen-bond acceptors (Lipinski definition) is 3. The van der Waals surface area contributed by atoms with Gasteiger partial charge >= 0.3 is 6.18 Å². The average molecular weight is 252 g/mol. The maximum Gasteiger partial charge on any atom is 0.411 e. The summed E-state index contributed by atoms with van der Waals surface area (Å²) in [6.07, 6.45) is -4.01. The number of H-pyrrole nitrogens is 1. The molecule has 1 heterocycles. The van der Waals surface area contributed by atoms with Gasteiger partial charge in [0.25, 0.3) is 0 Å². The molecule has 3 nitrogen and oxygen atoms in total. The minimum Gasteiger partial charge on any atom is -0.372 e. The summed E-state index contributed by atoms with van der Waals surface area (Å²) in [5.74, 6) is 0.534. The average Bonchev–Trinajstić information content (AvgIpc) is 2.09. The van der Waals surface area contributed by atoms with E-state index in [1.807, 2.05) is 0 Å². The fourth-order valence-electron chi connectivity index (χ4n) is 1.12. The van der Waals surface area contributed by atoms with Crippen LogP contribution in [0.25, 0.3) is 0 Å². The van der Waals surface area contributed by atoms with E-state index in [-0.39, 0.29) is 13.0 Å². The van der Waals surface area contributed by atoms with Crippen molar-refractivity contribution < 1.29 is 17.9 Å². The van der Waals surface area contributed by atoms with Crippen LogP contribution in [-0.2, 0) is 11.2 Å². The number of ether oxygens (including phenoxy) is 1. The zero-order valence-corrected chi connectivity index (χ0v) is 9.41. The van der Waals surface area contributed by atoms with Crippen molar-refractivity contribution in [3.8, 4) is 0 Å². The van der Waals surface area contributed by atoms with Crippen LogP contribution in [-0.4, -0.2) is 29.4 Å². The molecule has 0 amide bonds. The minimum atomic E-state index is -4.28. The van der Waals surface area contributed by atoms with Gasteiger partial charge in [-0.25, -0.2) is 4.98 Å². The molecule has 0 spiro atoms. The third-order valence-electron chi connectivity index (χ3n) is 1.68. The number of aromatic amines is 1. The van der Waals surface area contributed by atoms with E-state index < -0.39 is 12.8 Å². The van der Waals surface area contributed by atoms with Gasteiger partial charge in [0, 0.05) is 12.1 Å². The highest BCUT2D eigenvalue weighted by atomic mass is 32.1. The van der Waals surface area contributed by atoms with E-state index in [4.69, 9.17) is 12.2 Å². The largest absolute Gasteiger partial charge is 0.411 e. The topological polar surface area (TPSA) is 37.9 Å². The lowest BCUT2D eigenvalue weighted by Crippen LogP contribution is -2.18. The maximum absolute atomic E-state index is 11.7. The number of alkyl halides is 3. The Morgan fingerprint density at radius 3 is 2.75 bits per heavy atom. The molecular weight excluding hydrogens is 241 g/mol. The van der Waals surface area contributed by atoms with Crippen LogP contribution in [0.15, 0.2) is 6.07 Å². The molecular formula is C9H11F3N2OS. The van der Waals surface area contributed by atoms with Crippen LogP contribution in [0.5, 0.6) is 0 Å². The van der Waals surface area contributed by atoms with E-state index >= 15 is 0 Å². The quantitative estimate of drug-likeness (QED) is 0.661. The van der Waals surface area contributed by atoms with Gasteiger partial charge in [-0.15, -0.1) is 0 Å². The fourth-order valence-corrected chi connectivity index (χ4v) is 1.40. The summed E-state index contributed by atoms with van der Waals surface area (Å²) in [6, 6.07) is 1.68. The van der Waals surface area contributed by atoms with Crippen LogP contribution in [0.1, 0.15) is 11.5 Å². The van der Waals surface area contributed by atoms with Gasteiger partial charge in [-0.2, -0.15) is 13.2 Å². The summed E-state index contributed by atoms with van der Waals surface area (Å²) < 4.78 is 40.1. The normalized spacial score (nSPS) is 11.8. The van der Waals surface area contributed by atoms with Crippen LogP contribution in [0, 0.1) is 11.6 Å². The van der Waals surface area contributed by atoms with Gasteiger partial charge < -0.3 is 9.72 Å². The Kier molecular flexibility index (Phi) is 4.43. The standard InChI is InChI=1S/C9H11F3N2OS/c1-6-4-8(16)14-7(13-6)2-3-15-5-9(10,11)12/h4H,2-3,5H2,1H3,(H,13,14,16). The Morgan fingerprint density at radius 1 is 1.50 bits per heavy atom. The molecule has 0 saturated carbocycles. The molecule has 0 unspecified atom stereocenters. The van der Waals surface area contributed by atoms with Crippen molar-refractivity contribution in [2.45, 2.75) is 19.5 Å². The number of aryl methyl sites for hydroxylation is 1. The van der Waals surface area contributed by atoms with Crippen molar-refractivity contribution in [3.63, 3.8) is 0 Å². The van der Waals surface area contributed by atoms with Crippen molar-refractivity contribution in [2.75, 3.05) is 13.2 Å². The second-order valence-corrected chi connectivity index (χ2v) is 3.69. The molecule has 0 bridgehead atoms. The van der Waals surface area contributed by atoms with Crippen LogP contribution in [0.3, 0.4) is 0 Å². The summed E-state index contributed by atoms with van der Waals surface area (Å²) >= 11 is 4.87. The molecule has 1 rings (SSSR count). The van der Waals surface area contributed by atoms with Crippen LogP contribution in [0.4, 0.5) is 13.2 Å². The summed E-state index contributed by atoms with van der Waals surface area (Å²) in [5.41, 5.74) is 0.825. The van der Waals surface area contributed by atoms with E-state index in [0.29, 0.717) is 10.5 Å². The SMILES string of the molecule is Cc1cc(=S)nc(CCOCC(F)(F)F)[nH]1. The minimum absolute atomic E-state index is 0.0404. The summed E-state index contributed by atoms with van der Waals surface area (Å²) in [5, 5.41) is 0. The number of halogens is 3. The summed E-state index contributed by atoms with van der Waals surface area (Å²) in [6.45, 7) is 0.526. The Morgan fingerprint density at radius 2 is 2.19 bits per heavy atom. The molecule has 0 aliphatic carbocycles. The first kappa shape index (κ1) is 13.1.